The fourth-order valence-electron chi connectivity index (χ4n) is 15.6. The van der Waals surface area contributed by atoms with Crippen LogP contribution >= 0.6 is 0 Å². The zero-order valence-corrected chi connectivity index (χ0v) is 73.2. The van der Waals surface area contributed by atoms with Crippen molar-refractivity contribution in [2.75, 3.05) is 0 Å². The molecule has 6 aliphatic rings. The van der Waals surface area contributed by atoms with Crippen LogP contribution in [0, 0.1) is 65.1 Å². The molecule has 88 heavy (non-hydrogen) atoms. The summed E-state index contributed by atoms with van der Waals surface area (Å²) in [5, 5.41) is 0. The Labute approximate surface area is 632 Å². The van der Waals surface area contributed by atoms with Crippen molar-refractivity contribution < 1.29 is 140 Å². The van der Waals surface area contributed by atoms with Crippen molar-refractivity contribution in [3.8, 4) is 0 Å². The largest absolute Gasteiger partial charge is 1.00 e. The summed E-state index contributed by atoms with van der Waals surface area (Å²) < 4.78 is 37.5. The first kappa shape index (κ1) is 104. The van der Waals surface area contributed by atoms with Gasteiger partial charge in [0.25, 0.3) is 0 Å². The molecule has 0 spiro atoms. The minimum absolute atomic E-state index is 0. The summed E-state index contributed by atoms with van der Waals surface area (Å²) in [6.45, 7) is 66.9. The van der Waals surface area contributed by atoms with Gasteiger partial charge in [-0.05, 0) is 260 Å². The van der Waals surface area contributed by atoms with E-state index in [-0.39, 0.29) is 113 Å². The zero-order valence-electron chi connectivity index (χ0n) is 67.2. The van der Waals surface area contributed by atoms with E-state index in [1.54, 1.807) is 0 Å². The molecule has 0 aromatic carbocycles. The van der Waals surface area contributed by atoms with Crippen molar-refractivity contribution in [2.45, 2.75) is 385 Å². The minimum atomic E-state index is -1.37. The van der Waals surface area contributed by atoms with Crippen molar-refractivity contribution in [2.24, 2.45) is 65.1 Å². The number of hydrogen-bond acceptors (Lipinski definition) is 6. The number of rotatable bonds is 23. The van der Waals surface area contributed by atoms with E-state index >= 15 is 0 Å². The molecule has 0 saturated heterocycles. The van der Waals surface area contributed by atoms with Crippen LogP contribution in [0.25, 0.3) is 0 Å². The van der Waals surface area contributed by atoms with E-state index in [0.29, 0.717) is 36.6 Å². The molecule has 6 saturated carbocycles. The summed E-state index contributed by atoms with van der Waals surface area (Å²) in [4.78, 5) is 0. The standard InChI is InChI=1S/C14H30OSi.3C12H26OSi.2C10H22OSi.6Li/c1-7-11-10-14(15-16(4,5)6)13(9-3)12(11)8-2;1-6-10-8-11(7-2)12(9-10)13-14(3,4)5;1-6-10-8-9-12(11(10)7-2)13-14(3,4)5;1-6-10-8-9-11(7-2)12(10)13-14(3,4)5;1-5-9-6-7-10(8-9)11-12(2,3)4;1-5-9-7-6-8-10(9)11-12(2,3)4;;;;;;/h11-14H,7-10H2,1-6H3;3*10-12H,6-9H2,1-5H3;2*9-10H,5-8H2,1-4H3;;;;;;/q;;;;;;6*+1. The van der Waals surface area contributed by atoms with E-state index in [1.165, 1.54) is 154 Å². The molecule has 0 radical (unpaired) electrons. The van der Waals surface area contributed by atoms with Crippen LogP contribution in [0.4, 0.5) is 0 Å². The Morgan fingerprint density at radius 1 is 0.239 bits per heavy atom. The summed E-state index contributed by atoms with van der Waals surface area (Å²) in [6.07, 6.45) is 35.6. The van der Waals surface area contributed by atoms with Crippen LogP contribution in [0.1, 0.15) is 230 Å². The molecule has 18 heteroatoms. The van der Waals surface area contributed by atoms with Gasteiger partial charge in [-0.3, -0.25) is 0 Å². The van der Waals surface area contributed by atoms with Crippen LogP contribution in [0.2, 0.25) is 118 Å². The predicted molar refractivity (Wildman–Crippen MR) is 381 cm³/mol. The van der Waals surface area contributed by atoms with Gasteiger partial charge in [-0.1, -0.05) is 153 Å². The molecule has 492 valence electrons. The fourth-order valence-corrected chi connectivity index (χ4v) is 22.8. The molecule has 0 amide bonds. The summed E-state index contributed by atoms with van der Waals surface area (Å²) in [7, 11) is -7.89. The van der Waals surface area contributed by atoms with Gasteiger partial charge < -0.3 is 26.6 Å². The molecule has 0 bridgehead atoms. The Kier molecular flexibility index (Phi) is 59.9. The van der Waals surface area contributed by atoms with Gasteiger partial charge in [0.15, 0.2) is 49.9 Å². The van der Waals surface area contributed by atoms with Gasteiger partial charge >= 0.3 is 113 Å². The molecule has 6 rings (SSSR count). The normalized spacial score (nSPS) is 31.0. The topological polar surface area (TPSA) is 55.4 Å². The van der Waals surface area contributed by atoms with Gasteiger partial charge in [0, 0.05) is 30.5 Å². The molecular weight excluding hydrogens is 1150 g/mol. The van der Waals surface area contributed by atoms with E-state index in [4.69, 9.17) is 26.6 Å². The van der Waals surface area contributed by atoms with E-state index in [0.717, 1.165) is 65.1 Å². The van der Waals surface area contributed by atoms with Crippen LogP contribution in [-0.2, 0) is 26.6 Å². The first-order valence-electron chi connectivity index (χ1n) is 35.9. The first-order valence-corrected chi connectivity index (χ1v) is 56.4. The molecule has 16 unspecified atom stereocenters. The van der Waals surface area contributed by atoms with Crippen LogP contribution < -0.4 is 113 Å². The molecule has 0 aromatic heterocycles. The third-order valence-electron chi connectivity index (χ3n) is 19.5. The quantitative estimate of drug-likeness (QED) is 0.123. The Bertz CT molecular complexity index is 1610. The van der Waals surface area contributed by atoms with Crippen molar-refractivity contribution in [1.29, 1.82) is 0 Å². The smallest absolute Gasteiger partial charge is 0.415 e. The SMILES string of the molecule is CCC1CC(CC)C(O[Si](C)(C)C)C1.CCC1CC(O[Si](C)(C)C)C(CC)C1CC.CCC1CCC(CC)C1O[Si](C)(C)C.CCC1CCC(O[Si](C)(C)C)C1.CCC1CCC(O[Si](C)(C)C)C1CC.CCC1CCCC1O[Si](C)(C)C.[Li+].[Li+].[Li+].[Li+].[Li+].[Li+]. The molecule has 6 nitrogen and oxygen atoms in total. The zero-order chi connectivity index (χ0) is 63.0. The van der Waals surface area contributed by atoms with Crippen molar-refractivity contribution in [3.05, 3.63) is 0 Å². The van der Waals surface area contributed by atoms with Gasteiger partial charge in [0.05, 0.1) is 6.10 Å². The molecule has 16 atom stereocenters. The van der Waals surface area contributed by atoms with Gasteiger partial charge in [0.1, 0.15) is 0 Å². The van der Waals surface area contributed by atoms with Crippen molar-refractivity contribution >= 4 is 49.9 Å². The fraction of sp³-hybridized carbons (Fsp3) is 1.00. The second-order valence-electron chi connectivity index (χ2n) is 33.0. The van der Waals surface area contributed by atoms with Gasteiger partial charge in [-0.25, -0.2) is 0 Å². The Balaban J connectivity index is -0.000000227. The third-order valence-corrected chi connectivity index (χ3v) is 25.5. The maximum Gasteiger partial charge on any atom is 1.00 e. The summed E-state index contributed by atoms with van der Waals surface area (Å²) >= 11 is 0. The molecule has 6 aliphatic carbocycles. The van der Waals surface area contributed by atoms with Crippen LogP contribution in [0.5, 0.6) is 0 Å². The summed E-state index contributed by atoms with van der Waals surface area (Å²) in [5.41, 5.74) is 0. The van der Waals surface area contributed by atoms with Crippen LogP contribution in [0.15, 0.2) is 0 Å². The Morgan fingerprint density at radius 2 is 0.625 bits per heavy atom. The molecule has 0 N–H and O–H groups in total. The monoisotopic (exact) mass is 1300 g/mol. The molecule has 0 aromatic rings. The third kappa shape index (κ3) is 43.3. The maximum atomic E-state index is 6.41. The number of hydrogen-bond donors (Lipinski definition) is 0. The summed E-state index contributed by atoms with van der Waals surface area (Å²) in [6, 6.07) is 0. The van der Waals surface area contributed by atoms with Crippen molar-refractivity contribution in [1.82, 2.24) is 0 Å². The Hall–Kier alpha value is 4.65. The van der Waals surface area contributed by atoms with Gasteiger partial charge in [0.2, 0.25) is 0 Å². The van der Waals surface area contributed by atoms with E-state index < -0.39 is 49.9 Å². The van der Waals surface area contributed by atoms with Gasteiger partial charge in [-0.15, -0.1) is 0 Å². The average molecular weight is 1300 g/mol. The van der Waals surface area contributed by atoms with E-state index in [2.05, 4.69) is 194 Å². The van der Waals surface area contributed by atoms with E-state index in [1.807, 2.05) is 0 Å². The molecule has 6 fully saturated rings. The Morgan fingerprint density at radius 3 is 1.00 bits per heavy atom. The first-order chi connectivity index (χ1) is 37.9. The van der Waals surface area contributed by atoms with E-state index in [9.17, 15) is 0 Å². The molecule has 0 aliphatic heterocycles. The predicted octanol–water partition coefficient (Wildman–Crippen LogP) is 5.70. The molecular formula is C70H152Li6O6Si6+6. The second kappa shape index (κ2) is 50.9. The van der Waals surface area contributed by atoms with Crippen molar-refractivity contribution in [3.63, 3.8) is 0 Å². The maximum absolute atomic E-state index is 6.41. The summed E-state index contributed by atoms with van der Waals surface area (Å²) in [5.74, 6) is 9.68. The minimum Gasteiger partial charge on any atom is -0.415 e. The molecule has 0 heterocycles. The van der Waals surface area contributed by atoms with Gasteiger partial charge in [-0.2, -0.15) is 0 Å². The second-order valence-corrected chi connectivity index (χ2v) is 59.8. The van der Waals surface area contributed by atoms with Crippen LogP contribution in [0.3, 0.4) is 0 Å². The van der Waals surface area contributed by atoms with Crippen LogP contribution in [-0.4, -0.2) is 86.5 Å². The average Bonchev–Trinajstić information content (AvgIpc) is 4.35.